The second-order valence-electron chi connectivity index (χ2n) is 9.87. The van der Waals surface area contributed by atoms with Crippen LogP contribution >= 0.6 is 11.3 Å². The Morgan fingerprint density at radius 2 is 2.08 bits per heavy atom. The van der Waals surface area contributed by atoms with E-state index in [1.807, 2.05) is 29.8 Å². The molecule has 7 heteroatoms. The van der Waals surface area contributed by atoms with E-state index in [-0.39, 0.29) is 5.91 Å². The molecule has 2 N–H and O–H groups in total. The molecule has 1 atom stereocenters. The van der Waals surface area contributed by atoms with Gasteiger partial charge in [0.2, 0.25) is 0 Å². The Morgan fingerprint density at radius 3 is 2.89 bits per heavy atom. The topological polar surface area (TPSA) is 58.5 Å². The molecule has 2 aliphatic rings. The fourth-order valence-corrected chi connectivity index (χ4v) is 6.28. The number of aromatic nitrogens is 1. The summed E-state index contributed by atoms with van der Waals surface area (Å²) >= 11 is 1.66. The van der Waals surface area contributed by atoms with Crippen LogP contribution in [-0.4, -0.2) is 36.7 Å². The number of carbonyl (C=O) groups is 1. The Labute approximate surface area is 215 Å². The second kappa shape index (κ2) is 9.99. The minimum Gasteiger partial charge on any atom is -0.493 e. The van der Waals surface area contributed by atoms with E-state index in [4.69, 9.17) is 4.74 Å². The number of amides is 1. The predicted octanol–water partition coefficient (Wildman–Crippen LogP) is 5.43. The summed E-state index contributed by atoms with van der Waals surface area (Å²) in [7, 11) is 1.95. The van der Waals surface area contributed by atoms with Crippen molar-refractivity contribution in [2.24, 2.45) is 13.0 Å². The number of nitrogens with one attached hydrogen (secondary N) is 2. The average molecular weight is 501 g/mol. The van der Waals surface area contributed by atoms with E-state index >= 15 is 0 Å². The van der Waals surface area contributed by atoms with Crippen molar-refractivity contribution in [1.82, 2.24) is 9.88 Å². The van der Waals surface area contributed by atoms with E-state index in [2.05, 4.69) is 57.3 Å². The summed E-state index contributed by atoms with van der Waals surface area (Å²) in [6.07, 6.45) is 3.32. The molecule has 6 rings (SSSR count). The zero-order valence-corrected chi connectivity index (χ0v) is 21.4. The molecule has 4 aromatic rings. The second-order valence-corrected chi connectivity index (χ2v) is 10.8. The van der Waals surface area contributed by atoms with Crippen LogP contribution in [0.1, 0.15) is 34.5 Å². The Bertz CT molecular complexity index is 1370. The van der Waals surface area contributed by atoms with Crippen LogP contribution in [0.5, 0.6) is 5.75 Å². The monoisotopic (exact) mass is 500 g/mol. The lowest BCUT2D eigenvalue weighted by Crippen LogP contribution is -2.30. The van der Waals surface area contributed by atoms with Crippen molar-refractivity contribution in [3.63, 3.8) is 0 Å². The summed E-state index contributed by atoms with van der Waals surface area (Å²) in [6.45, 7) is 4.68. The first-order valence-corrected chi connectivity index (χ1v) is 13.7. The van der Waals surface area contributed by atoms with Gasteiger partial charge in [-0.25, -0.2) is 0 Å². The molecule has 1 fully saturated rings. The number of carbonyl (C=O) groups excluding carboxylic acids is 1. The van der Waals surface area contributed by atoms with Crippen LogP contribution < -0.4 is 20.3 Å². The third-order valence-corrected chi connectivity index (χ3v) is 8.25. The number of para-hydroxylation sites is 1. The highest BCUT2D eigenvalue weighted by Gasteiger charge is 2.23. The highest BCUT2D eigenvalue weighted by atomic mass is 32.1. The molecule has 1 amide bonds. The smallest absolute Gasteiger partial charge is 0.272 e. The van der Waals surface area contributed by atoms with Crippen LogP contribution in [-0.2, 0) is 20.0 Å². The number of rotatable bonds is 7. The molecule has 0 saturated carbocycles. The van der Waals surface area contributed by atoms with Crippen molar-refractivity contribution in [3.05, 3.63) is 76.8 Å². The van der Waals surface area contributed by atoms with Crippen LogP contribution in [0.4, 0.5) is 11.4 Å². The number of benzene rings is 2. The maximum Gasteiger partial charge on any atom is 0.272 e. The third kappa shape index (κ3) is 4.61. The molecule has 36 heavy (non-hydrogen) atoms. The first-order chi connectivity index (χ1) is 17.7. The zero-order chi connectivity index (χ0) is 24.5. The quantitative estimate of drug-likeness (QED) is 0.355. The normalized spacial score (nSPS) is 17.4. The molecule has 2 aromatic carbocycles. The minimum absolute atomic E-state index is 0.0706. The Hall–Kier alpha value is -3.29. The molecule has 1 saturated heterocycles. The van der Waals surface area contributed by atoms with Gasteiger partial charge in [0.25, 0.3) is 5.91 Å². The highest BCUT2D eigenvalue weighted by molar-refractivity contribution is 7.17. The van der Waals surface area contributed by atoms with E-state index in [9.17, 15) is 4.79 Å². The van der Waals surface area contributed by atoms with Gasteiger partial charge in [-0.3, -0.25) is 4.79 Å². The van der Waals surface area contributed by atoms with Crippen molar-refractivity contribution < 1.29 is 9.53 Å². The van der Waals surface area contributed by atoms with Gasteiger partial charge in [0.05, 0.1) is 28.2 Å². The van der Waals surface area contributed by atoms with Gasteiger partial charge >= 0.3 is 0 Å². The molecular formula is C29H32N4O2S. The third-order valence-electron chi connectivity index (χ3n) is 7.40. The van der Waals surface area contributed by atoms with Gasteiger partial charge < -0.3 is 24.8 Å². The number of hydrogen-bond acceptors (Lipinski definition) is 5. The number of ether oxygens (including phenoxy) is 1. The first kappa shape index (κ1) is 23.1. The summed E-state index contributed by atoms with van der Waals surface area (Å²) in [6, 6.07) is 18.8. The Balaban J connectivity index is 1.18. The summed E-state index contributed by atoms with van der Waals surface area (Å²) in [5, 5.41) is 8.68. The zero-order valence-electron chi connectivity index (χ0n) is 20.6. The Morgan fingerprint density at radius 1 is 1.19 bits per heavy atom. The predicted molar refractivity (Wildman–Crippen MR) is 147 cm³/mol. The fourth-order valence-electron chi connectivity index (χ4n) is 5.43. The number of nitrogens with zero attached hydrogens (tertiary/aromatic N) is 2. The van der Waals surface area contributed by atoms with E-state index in [1.165, 1.54) is 17.5 Å². The van der Waals surface area contributed by atoms with Crippen LogP contribution in [0.25, 0.3) is 10.2 Å². The summed E-state index contributed by atoms with van der Waals surface area (Å²) in [4.78, 5) is 15.7. The number of fused-ring (bicyclic) bond motifs is 2. The standard InChI is InChI=1S/C29H32N4O2S/c1-32-25-12-15-36-27(25)16-26(32)29(34)31-24-6-2-4-22-5-3-14-33(28(22)24)18-20-7-9-23(10-8-20)35-19-21-11-13-30-17-21/h2,4,6-10,12,15-16,21,30H,3,5,11,13-14,17-19H2,1H3,(H,31,34)/t21-/m1/s1. The molecule has 0 spiro atoms. The summed E-state index contributed by atoms with van der Waals surface area (Å²) in [5.41, 5.74) is 6.32. The SMILES string of the molecule is Cn1c(C(=O)Nc2cccc3c2N(Cc2ccc(OC[C@@H]4CCNC4)cc2)CCC3)cc2sccc21. The van der Waals surface area contributed by atoms with E-state index < -0.39 is 0 Å². The van der Waals surface area contributed by atoms with Gasteiger partial charge in [0.1, 0.15) is 11.4 Å². The molecule has 0 aliphatic carbocycles. The van der Waals surface area contributed by atoms with Crippen LogP contribution in [0, 0.1) is 5.92 Å². The minimum atomic E-state index is -0.0706. The number of thiophene rings is 1. The summed E-state index contributed by atoms with van der Waals surface area (Å²) < 4.78 is 9.12. The first-order valence-electron chi connectivity index (χ1n) is 12.8. The molecule has 2 aromatic heterocycles. The summed E-state index contributed by atoms with van der Waals surface area (Å²) in [5.74, 6) is 1.47. The number of anilines is 2. The van der Waals surface area contributed by atoms with Crippen molar-refractivity contribution in [2.45, 2.75) is 25.8 Å². The van der Waals surface area contributed by atoms with Crippen molar-refractivity contribution in [2.75, 3.05) is 36.5 Å². The van der Waals surface area contributed by atoms with Gasteiger partial charge in [0, 0.05) is 32.6 Å². The van der Waals surface area contributed by atoms with E-state index in [0.29, 0.717) is 11.6 Å². The van der Waals surface area contributed by atoms with Gasteiger partial charge in [-0.15, -0.1) is 11.3 Å². The average Bonchev–Trinajstić information content (AvgIpc) is 3.64. The molecule has 0 unspecified atom stereocenters. The lowest BCUT2D eigenvalue weighted by molar-refractivity contribution is 0.102. The van der Waals surface area contributed by atoms with E-state index in [0.717, 1.165) is 73.0 Å². The largest absolute Gasteiger partial charge is 0.493 e. The van der Waals surface area contributed by atoms with Gasteiger partial charge in [-0.2, -0.15) is 0 Å². The van der Waals surface area contributed by atoms with Gasteiger partial charge in [0.15, 0.2) is 0 Å². The Kier molecular flexibility index (Phi) is 6.42. The van der Waals surface area contributed by atoms with Crippen LogP contribution in [0.3, 0.4) is 0 Å². The molecule has 186 valence electrons. The number of hydrogen-bond donors (Lipinski definition) is 2. The van der Waals surface area contributed by atoms with Crippen molar-refractivity contribution >= 4 is 38.8 Å². The van der Waals surface area contributed by atoms with E-state index in [1.54, 1.807) is 11.3 Å². The van der Waals surface area contributed by atoms with Crippen LogP contribution in [0.15, 0.2) is 60.0 Å². The molecule has 2 aliphatic heterocycles. The number of aryl methyl sites for hydroxylation is 2. The van der Waals surface area contributed by atoms with Crippen LogP contribution in [0.2, 0.25) is 0 Å². The van der Waals surface area contributed by atoms with Crippen molar-refractivity contribution in [3.8, 4) is 5.75 Å². The maximum atomic E-state index is 13.3. The lowest BCUT2D eigenvalue weighted by atomic mass is 9.99. The molecule has 0 radical (unpaired) electrons. The maximum absolute atomic E-state index is 13.3. The molecule has 4 heterocycles. The fraction of sp³-hybridized carbons (Fsp3) is 0.345. The van der Waals surface area contributed by atoms with Crippen molar-refractivity contribution in [1.29, 1.82) is 0 Å². The lowest BCUT2D eigenvalue weighted by Gasteiger charge is -2.33. The van der Waals surface area contributed by atoms with Gasteiger partial charge in [-0.1, -0.05) is 24.3 Å². The highest BCUT2D eigenvalue weighted by Crippen LogP contribution is 2.36. The molecular weight excluding hydrogens is 468 g/mol. The molecule has 6 nitrogen and oxygen atoms in total. The van der Waals surface area contributed by atoms with Gasteiger partial charge in [-0.05, 0) is 72.6 Å². The molecule has 0 bridgehead atoms.